The fraction of sp³-hybridized carbons (Fsp3) is 0.273. The number of fused-ring (bicyclic) bond motifs is 1. The van der Waals surface area contributed by atoms with Crippen LogP contribution in [-0.2, 0) is 0 Å². The molecule has 76 valence electrons. The van der Waals surface area contributed by atoms with Crippen LogP contribution >= 0.6 is 0 Å². The van der Waals surface area contributed by atoms with Gasteiger partial charge < -0.3 is 9.51 Å². The van der Waals surface area contributed by atoms with Gasteiger partial charge in [-0.1, -0.05) is 6.07 Å². The highest BCUT2D eigenvalue weighted by Crippen LogP contribution is 2.39. The first kappa shape index (κ1) is 8.47. The number of carboxylic acids is 1. The lowest BCUT2D eigenvalue weighted by atomic mass is 10.2. The summed E-state index contributed by atoms with van der Waals surface area (Å²) in [7, 11) is 0. The van der Waals surface area contributed by atoms with Crippen molar-refractivity contribution in [1.82, 2.24) is 9.38 Å². The summed E-state index contributed by atoms with van der Waals surface area (Å²) in [5.74, 6) is -0.384. The average molecular weight is 202 g/mol. The molecule has 1 fully saturated rings. The van der Waals surface area contributed by atoms with Gasteiger partial charge in [0.2, 0.25) is 0 Å². The highest BCUT2D eigenvalue weighted by atomic mass is 16.4. The van der Waals surface area contributed by atoms with Gasteiger partial charge in [-0.05, 0) is 30.9 Å². The van der Waals surface area contributed by atoms with Crippen LogP contribution in [0, 0.1) is 0 Å². The molecule has 1 aliphatic rings. The molecule has 2 heterocycles. The molecule has 0 spiro atoms. The number of nitrogens with zero attached hydrogens (tertiary/aromatic N) is 2. The van der Waals surface area contributed by atoms with Crippen LogP contribution in [0.5, 0.6) is 0 Å². The van der Waals surface area contributed by atoms with E-state index in [-0.39, 0.29) is 5.69 Å². The normalized spacial score (nSPS) is 15.7. The Kier molecular flexibility index (Phi) is 1.59. The van der Waals surface area contributed by atoms with Crippen LogP contribution in [0.1, 0.15) is 34.9 Å². The van der Waals surface area contributed by atoms with Gasteiger partial charge in [-0.15, -0.1) is 0 Å². The molecule has 1 saturated carbocycles. The Bertz CT molecular complexity index is 541. The minimum absolute atomic E-state index is 0.114. The number of rotatable bonds is 2. The second kappa shape index (κ2) is 2.82. The van der Waals surface area contributed by atoms with Crippen molar-refractivity contribution in [3.63, 3.8) is 0 Å². The molecule has 0 aliphatic heterocycles. The molecule has 0 saturated heterocycles. The van der Waals surface area contributed by atoms with Crippen molar-refractivity contribution in [2.24, 2.45) is 0 Å². The molecular formula is C11H10N2O2. The van der Waals surface area contributed by atoms with Gasteiger partial charge in [-0.2, -0.15) is 0 Å². The van der Waals surface area contributed by atoms with Crippen molar-refractivity contribution in [2.75, 3.05) is 0 Å². The molecule has 0 radical (unpaired) electrons. The fourth-order valence-corrected chi connectivity index (χ4v) is 1.85. The maximum absolute atomic E-state index is 10.8. The smallest absolute Gasteiger partial charge is 0.356 e. The van der Waals surface area contributed by atoms with E-state index in [4.69, 9.17) is 5.11 Å². The zero-order chi connectivity index (χ0) is 10.4. The number of hydrogen-bond acceptors (Lipinski definition) is 2. The van der Waals surface area contributed by atoms with Gasteiger partial charge in [0.1, 0.15) is 5.65 Å². The van der Waals surface area contributed by atoms with E-state index in [1.165, 1.54) is 18.5 Å². The molecule has 2 aromatic heterocycles. The van der Waals surface area contributed by atoms with Gasteiger partial charge in [0.05, 0.1) is 0 Å². The molecule has 0 bridgehead atoms. The molecule has 0 unspecified atom stereocenters. The van der Waals surface area contributed by atoms with Gasteiger partial charge >= 0.3 is 5.97 Å². The van der Waals surface area contributed by atoms with Crippen molar-refractivity contribution >= 4 is 11.6 Å². The van der Waals surface area contributed by atoms with E-state index in [9.17, 15) is 4.79 Å². The zero-order valence-corrected chi connectivity index (χ0v) is 8.05. The SMILES string of the molecule is O=C(O)c1cn2c(C3CC3)cccc2n1. The van der Waals surface area contributed by atoms with Gasteiger partial charge in [-0.3, -0.25) is 0 Å². The molecule has 1 aliphatic carbocycles. The Morgan fingerprint density at radius 3 is 2.93 bits per heavy atom. The lowest BCUT2D eigenvalue weighted by Gasteiger charge is -2.01. The highest BCUT2D eigenvalue weighted by molar-refractivity contribution is 5.86. The van der Waals surface area contributed by atoms with Gasteiger partial charge in [-0.25, -0.2) is 9.78 Å². The first-order chi connectivity index (χ1) is 7.25. The molecule has 4 nitrogen and oxygen atoms in total. The highest BCUT2D eigenvalue weighted by Gasteiger charge is 2.26. The Morgan fingerprint density at radius 1 is 1.47 bits per heavy atom. The predicted octanol–water partition coefficient (Wildman–Crippen LogP) is 1.91. The summed E-state index contributed by atoms with van der Waals surface area (Å²) in [5.41, 5.74) is 2.01. The quantitative estimate of drug-likeness (QED) is 0.809. The first-order valence-electron chi connectivity index (χ1n) is 4.97. The van der Waals surface area contributed by atoms with Gasteiger partial charge in [0.15, 0.2) is 5.69 Å². The number of carboxylic acid groups (broad SMARTS) is 1. The first-order valence-corrected chi connectivity index (χ1v) is 4.97. The van der Waals surface area contributed by atoms with Crippen molar-refractivity contribution < 1.29 is 9.90 Å². The number of hydrogen-bond donors (Lipinski definition) is 1. The molecule has 1 N–H and O–H groups in total. The third kappa shape index (κ3) is 1.29. The van der Waals surface area contributed by atoms with E-state index in [1.807, 2.05) is 22.6 Å². The summed E-state index contributed by atoms with van der Waals surface area (Å²) in [5, 5.41) is 8.86. The zero-order valence-electron chi connectivity index (χ0n) is 8.05. The summed E-state index contributed by atoms with van der Waals surface area (Å²) >= 11 is 0. The predicted molar refractivity (Wildman–Crippen MR) is 54.1 cm³/mol. The summed E-state index contributed by atoms with van der Waals surface area (Å²) in [4.78, 5) is 14.8. The van der Waals surface area contributed by atoms with Crippen LogP contribution in [0.15, 0.2) is 24.4 Å². The number of carbonyl (C=O) groups is 1. The van der Waals surface area contributed by atoms with Gasteiger partial charge in [0, 0.05) is 11.9 Å². The molecule has 15 heavy (non-hydrogen) atoms. The number of aromatic carboxylic acids is 1. The molecule has 0 aromatic carbocycles. The van der Waals surface area contributed by atoms with E-state index in [2.05, 4.69) is 4.98 Å². The molecule has 0 amide bonds. The van der Waals surface area contributed by atoms with Crippen LogP contribution < -0.4 is 0 Å². The van der Waals surface area contributed by atoms with Crippen molar-refractivity contribution in [1.29, 1.82) is 0 Å². The summed E-state index contributed by atoms with van der Waals surface area (Å²) in [6, 6.07) is 5.80. The molecule has 2 aromatic rings. The monoisotopic (exact) mass is 202 g/mol. The summed E-state index contributed by atoms with van der Waals surface area (Å²) in [6.07, 6.45) is 3.99. The van der Waals surface area contributed by atoms with E-state index >= 15 is 0 Å². The minimum Gasteiger partial charge on any atom is -0.476 e. The van der Waals surface area contributed by atoms with Crippen LogP contribution in [-0.4, -0.2) is 20.5 Å². The average Bonchev–Trinajstić information content (AvgIpc) is 2.95. The molecule has 4 heteroatoms. The maximum atomic E-state index is 10.8. The van der Waals surface area contributed by atoms with Crippen molar-refractivity contribution in [3.05, 3.63) is 35.8 Å². The fourth-order valence-electron chi connectivity index (χ4n) is 1.85. The minimum atomic E-state index is -0.972. The lowest BCUT2D eigenvalue weighted by Crippen LogP contribution is -1.95. The lowest BCUT2D eigenvalue weighted by molar-refractivity contribution is 0.0691. The third-order valence-electron chi connectivity index (χ3n) is 2.74. The standard InChI is InChI=1S/C11H10N2O2/c14-11(15)8-6-13-9(7-4-5-7)2-1-3-10(13)12-8/h1-3,6-7H,4-5H2,(H,14,15). The van der Waals surface area contributed by atoms with E-state index in [1.54, 1.807) is 6.20 Å². The second-order valence-corrected chi connectivity index (χ2v) is 3.88. The number of imidazole rings is 1. The van der Waals surface area contributed by atoms with Crippen LogP contribution in [0.2, 0.25) is 0 Å². The number of aromatic nitrogens is 2. The largest absolute Gasteiger partial charge is 0.476 e. The number of pyridine rings is 1. The van der Waals surface area contributed by atoms with Crippen molar-refractivity contribution in [2.45, 2.75) is 18.8 Å². The molecular weight excluding hydrogens is 192 g/mol. The summed E-state index contributed by atoms with van der Waals surface area (Å²) < 4.78 is 1.89. The topological polar surface area (TPSA) is 54.6 Å². The third-order valence-corrected chi connectivity index (χ3v) is 2.74. The van der Waals surface area contributed by atoms with Gasteiger partial charge in [0.25, 0.3) is 0 Å². The Morgan fingerprint density at radius 2 is 2.27 bits per heavy atom. The van der Waals surface area contributed by atoms with Crippen LogP contribution in [0.25, 0.3) is 5.65 Å². The van der Waals surface area contributed by atoms with E-state index in [0.29, 0.717) is 5.92 Å². The molecule has 3 rings (SSSR count). The van der Waals surface area contributed by atoms with E-state index < -0.39 is 5.97 Å². The Hall–Kier alpha value is -1.84. The Labute approximate surface area is 86.2 Å². The maximum Gasteiger partial charge on any atom is 0.356 e. The van der Waals surface area contributed by atoms with Crippen LogP contribution in [0.4, 0.5) is 0 Å². The van der Waals surface area contributed by atoms with Crippen LogP contribution in [0.3, 0.4) is 0 Å². The van der Waals surface area contributed by atoms with E-state index in [0.717, 1.165) is 5.65 Å². The molecule has 0 atom stereocenters. The van der Waals surface area contributed by atoms with Crippen molar-refractivity contribution in [3.8, 4) is 0 Å². The summed E-state index contributed by atoms with van der Waals surface area (Å²) in [6.45, 7) is 0. The second-order valence-electron chi connectivity index (χ2n) is 3.88. The Balaban J connectivity index is 2.24.